The number of halogens is 3. The maximum Gasteiger partial charge on any atom is 0.416 e. The van der Waals surface area contributed by atoms with E-state index in [1.165, 1.54) is 12.1 Å². The van der Waals surface area contributed by atoms with Gasteiger partial charge in [-0.15, -0.1) is 0 Å². The van der Waals surface area contributed by atoms with Crippen molar-refractivity contribution in [3.63, 3.8) is 0 Å². The second kappa shape index (κ2) is 4.87. The van der Waals surface area contributed by atoms with Gasteiger partial charge >= 0.3 is 6.18 Å². The van der Waals surface area contributed by atoms with Crippen LogP contribution in [0, 0.1) is 0 Å². The van der Waals surface area contributed by atoms with Crippen LogP contribution >= 0.6 is 0 Å². The van der Waals surface area contributed by atoms with Gasteiger partial charge in [-0.3, -0.25) is 0 Å². The number of aryl methyl sites for hydroxylation is 1. The Balaban J connectivity index is 3.21. The molecule has 1 aromatic carbocycles. The first-order chi connectivity index (χ1) is 7.38. The summed E-state index contributed by atoms with van der Waals surface area (Å²) in [6, 6.07) is 4.16. The molecule has 0 spiro atoms. The smallest absolute Gasteiger partial charge is 0.313 e. The molecule has 0 aliphatic heterocycles. The SMILES string of the molecule is CCc1cc(C(C)NC)cc(C(F)(F)F)c1. The molecule has 0 aliphatic carbocycles. The van der Waals surface area contributed by atoms with Gasteiger partial charge in [0.05, 0.1) is 5.56 Å². The standard InChI is InChI=1S/C12H16F3N/c1-4-9-5-10(8(2)16-3)7-11(6-9)12(13,14)15/h5-8,16H,4H2,1-3H3. The first kappa shape index (κ1) is 13.0. The van der Waals surface area contributed by atoms with E-state index >= 15 is 0 Å². The Bertz CT molecular complexity index is 358. The Morgan fingerprint density at radius 1 is 1.25 bits per heavy atom. The first-order valence-electron chi connectivity index (χ1n) is 5.26. The van der Waals surface area contributed by atoms with Crippen molar-refractivity contribution < 1.29 is 13.2 Å². The number of hydrogen-bond donors (Lipinski definition) is 1. The number of benzene rings is 1. The van der Waals surface area contributed by atoms with Crippen LogP contribution in [0.4, 0.5) is 13.2 Å². The molecule has 90 valence electrons. The van der Waals surface area contributed by atoms with Gasteiger partial charge in [0.2, 0.25) is 0 Å². The summed E-state index contributed by atoms with van der Waals surface area (Å²) in [5.41, 5.74) is 0.824. The Hall–Kier alpha value is -1.03. The predicted octanol–water partition coefficient (Wildman–Crippen LogP) is 3.55. The summed E-state index contributed by atoms with van der Waals surface area (Å²) >= 11 is 0. The van der Waals surface area contributed by atoms with Crippen LogP contribution in [0.5, 0.6) is 0 Å². The molecule has 0 aliphatic rings. The molecule has 0 amide bonds. The topological polar surface area (TPSA) is 12.0 Å². The van der Waals surface area contributed by atoms with Crippen molar-refractivity contribution in [2.45, 2.75) is 32.5 Å². The Morgan fingerprint density at radius 3 is 2.31 bits per heavy atom. The molecule has 0 radical (unpaired) electrons. The zero-order valence-corrected chi connectivity index (χ0v) is 9.65. The average molecular weight is 231 g/mol. The highest BCUT2D eigenvalue weighted by atomic mass is 19.4. The summed E-state index contributed by atoms with van der Waals surface area (Å²) in [5.74, 6) is 0. The van der Waals surface area contributed by atoms with Gasteiger partial charge in [0.25, 0.3) is 0 Å². The quantitative estimate of drug-likeness (QED) is 0.838. The van der Waals surface area contributed by atoms with E-state index in [0.717, 1.165) is 0 Å². The lowest BCUT2D eigenvalue weighted by atomic mass is 10.00. The Morgan fingerprint density at radius 2 is 1.88 bits per heavy atom. The summed E-state index contributed by atoms with van der Waals surface area (Å²) in [7, 11) is 1.73. The molecule has 0 saturated carbocycles. The summed E-state index contributed by atoms with van der Waals surface area (Å²) in [5, 5.41) is 2.94. The highest BCUT2D eigenvalue weighted by Crippen LogP contribution is 2.32. The molecule has 4 heteroatoms. The molecule has 0 saturated heterocycles. The highest BCUT2D eigenvalue weighted by molar-refractivity contribution is 5.33. The molecule has 1 nitrogen and oxygen atoms in total. The molecular formula is C12H16F3N. The molecule has 0 aromatic heterocycles. The second-order valence-corrected chi connectivity index (χ2v) is 3.82. The molecule has 1 N–H and O–H groups in total. The molecule has 0 bridgehead atoms. The van der Waals surface area contributed by atoms with Gasteiger partial charge in [0.15, 0.2) is 0 Å². The fourth-order valence-corrected chi connectivity index (χ4v) is 1.50. The van der Waals surface area contributed by atoms with Gasteiger partial charge in [0, 0.05) is 6.04 Å². The Labute approximate surface area is 93.7 Å². The fraction of sp³-hybridized carbons (Fsp3) is 0.500. The van der Waals surface area contributed by atoms with Gasteiger partial charge in [-0.2, -0.15) is 13.2 Å². The third-order valence-corrected chi connectivity index (χ3v) is 2.68. The van der Waals surface area contributed by atoms with Crippen molar-refractivity contribution in [2.75, 3.05) is 7.05 Å². The maximum atomic E-state index is 12.6. The minimum Gasteiger partial charge on any atom is -0.313 e. The summed E-state index contributed by atoms with van der Waals surface area (Å²) in [4.78, 5) is 0. The predicted molar refractivity (Wildman–Crippen MR) is 58.3 cm³/mol. The third-order valence-electron chi connectivity index (χ3n) is 2.68. The zero-order chi connectivity index (χ0) is 12.3. The summed E-state index contributed by atoms with van der Waals surface area (Å²) in [6.07, 6.45) is -3.67. The minimum atomic E-state index is -4.27. The van der Waals surface area contributed by atoms with E-state index in [0.29, 0.717) is 17.5 Å². The number of nitrogens with one attached hydrogen (secondary N) is 1. The maximum absolute atomic E-state index is 12.6. The van der Waals surface area contributed by atoms with E-state index in [-0.39, 0.29) is 6.04 Å². The third kappa shape index (κ3) is 2.98. The zero-order valence-electron chi connectivity index (χ0n) is 9.65. The molecular weight excluding hydrogens is 215 g/mol. The lowest BCUT2D eigenvalue weighted by molar-refractivity contribution is -0.137. The van der Waals surface area contributed by atoms with E-state index in [1.807, 2.05) is 19.9 Å². The number of hydrogen-bond acceptors (Lipinski definition) is 1. The minimum absolute atomic E-state index is 0.0763. The van der Waals surface area contributed by atoms with Gasteiger partial charge in [-0.25, -0.2) is 0 Å². The van der Waals surface area contributed by atoms with Gasteiger partial charge in [-0.1, -0.05) is 13.0 Å². The van der Waals surface area contributed by atoms with Crippen molar-refractivity contribution in [3.8, 4) is 0 Å². The van der Waals surface area contributed by atoms with Crippen molar-refractivity contribution in [1.82, 2.24) is 5.32 Å². The highest BCUT2D eigenvalue weighted by Gasteiger charge is 2.31. The van der Waals surface area contributed by atoms with Gasteiger partial charge in [0.1, 0.15) is 0 Å². The average Bonchev–Trinajstić information content (AvgIpc) is 2.26. The van der Waals surface area contributed by atoms with E-state index in [4.69, 9.17) is 0 Å². The van der Waals surface area contributed by atoms with Crippen molar-refractivity contribution >= 4 is 0 Å². The van der Waals surface area contributed by atoms with Gasteiger partial charge < -0.3 is 5.32 Å². The Kier molecular flexibility index (Phi) is 3.97. The lowest BCUT2D eigenvalue weighted by Gasteiger charge is -2.15. The summed E-state index contributed by atoms with van der Waals surface area (Å²) in [6.45, 7) is 3.69. The normalized spacial score (nSPS) is 13.9. The number of rotatable bonds is 3. The van der Waals surface area contributed by atoms with E-state index in [9.17, 15) is 13.2 Å². The van der Waals surface area contributed by atoms with Crippen molar-refractivity contribution in [2.24, 2.45) is 0 Å². The van der Waals surface area contributed by atoms with Crippen LogP contribution in [0.15, 0.2) is 18.2 Å². The molecule has 1 atom stereocenters. The lowest BCUT2D eigenvalue weighted by Crippen LogP contribution is -2.14. The van der Waals surface area contributed by atoms with E-state index < -0.39 is 11.7 Å². The van der Waals surface area contributed by atoms with E-state index in [1.54, 1.807) is 7.05 Å². The van der Waals surface area contributed by atoms with Crippen LogP contribution in [-0.4, -0.2) is 7.05 Å². The fourth-order valence-electron chi connectivity index (χ4n) is 1.50. The molecule has 0 heterocycles. The number of alkyl halides is 3. The second-order valence-electron chi connectivity index (χ2n) is 3.82. The first-order valence-corrected chi connectivity index (χ1v) is 5.26. The van der Waals surface area contributed by atoms with Crippen LogP contribution in [0.3, 0.4) is 0 Å². The van der Waals surface area contributed by atoms with Crippen LogP contribution in [-0.2, 0) is 12.6 Å². The van der Waals surface area contributed by atoms with Crippen LogP contribution < -0.4 is 5.32 Å². The molecule has 16 heavy (non-hydrogen) atoms. The van der Waals surface area contributed by atoms with Crippen LogP contribution in [0.1, 0.15) is 36.6 Å². The van der Waals surface area contributed by atoms with Crippen molar-refractivity contribution in [1.29, 1.82) is 0 Å². The van der Waals surface area contributed by atoms with Gasteiger partial charge in [-0.05, 0) is 43.7 Å². The molecule has 1 unspecified atom stereocenters. The molecule has 0 fully saturated rings. The van der Waals surface area contributed by atoms with Crippen LogP contribution in [0.25, 0.3) is 0 Å². The largest absolute Gasteiger partial charge is 0.416 e. The molecule has 1 rings (SSSR count). The summed E-state index contributed by atoms with van der Waals surface area (Å²) < 4.78 is 37.9. The van der Waals surface area contributed by atoms with Crippen molar-refractivity contribution in [3.05, 3.63) is 34.9 Å². The van der Waals surface area contributed by atoms with E-state index in [2.05, 4.69) is 5.32 Å². The van der Waals surface area contributed by atoms with Crippen LogP contribution in [0.2, 0.25) is 0 Å². The molecule has 1 aromatic rings. The monoisotopic (exact) mass is 231 g/mol.